The number of aromatic amines is 1. The molecule has 1 aliphatic heterocycles. The fourth-order valence-corrected chi connectivity index (χ4v) is 7.13. The number of hydrogen-bond acceptors (Lipinski definition) is 9. The molecule has 0 radical (unpaired) electrons. The van der Waals surface area contributed by atoms with Crippen molar-refractivity contribution < 1.29 is 9.15 Å². The Labute approximate surface area is 251 Å². The Balaban J connectivity index is 1.39. The van der Waals surface area contributed by atoms with Crippen molar-refractivity contribution in [2.75, 3.05) is 23.4 Å². The Bertz CT molecular complexity index is 1600. The van der Waals surface area contributed by atoms with Gasteiger partial charge in [0.15, 0.2) is 11.5 Å². The highest BCUT2D eigenvalue weighted by atomic mass is 16.5. The lowest BCUT2D eigenvalue weighted by molar-refractivity contribution is 0.0221. The number of morpholine rings is 1. The summed E-state index contributed by atoms with van der Waals surface area (Å²) in [5.74, 6) is 3.17. The molecule has 4 heterocycles. The second kappa shape index (κ2) is 11.7. The van der Waals surface area contributed by atoms with E-state index < -0.39 is 5.76 Å². The molecule has 0 spiro atoms. The molecule has 0 bridgehead atoms. The van der Waals surface area contributed by atoms with E-state index in [4.69, 9.17) is 24.1 Å². The van der Waals surface area contributed by atoms with Gasteiger partial charge in [0.05, 0.1) is 18.8 Å². The molecule has 1 aromatic carbocycles. The third-order valence-electron chi connectivity index (χ3n) is 9.90. The fraction of sp³-hybridized carbons (Fsp3) is 0.594. The molecule has 2 saturated carbocycles. The van der Waals surface area contributed by atoms with Crippen LogP contribution in [0, 0.1) is 17.8 Å². The van der Waals surface area contributed by atoms with Crippen molar-refractivity contribution in [3.63, 3.8) is 0 Å². The third-order valence-corrected chi connectivity index (χ3v) is 9.90. The first-order valence-electron chi connectivity index (χ1n) is 16.0. The molecule has 43 heavy (non-hydrogen) atoms. The third kappa shape index (κ3) is 5.55. The second-order valence-corrected chi connectivity index (χ2v) is 12.9. The molecular formula is C32H42N8O3. The summed E-state index contributed by atoms with van der Waals surface area (Å²) in [5.41, 5.74) is 2.67. The number of imidazole rings is 1. The second-order valence-electron chi connectivity index (χ2n) is 12.9. The van der Waals surface area contributed by atoms with E-state index in [-0.39, 0.29) is 29.9 Å². The SMILES string of the molecule is C[C@@H](Nc1nc(-c2n[nH]c(=O)o2)nc2nc(N3CCO[C@H](C)[C@H]3c3ccccc3)n(C[C@H]3CC[C@H](C)CC3)c12)C1CCC1. The lowest BCUT2D eigenvalue weighted by Gasteiger charge is -2.41. The number of rotatable bonds is 8. The molecule has 0 unspecified atom stereocenters. The molecule has 3 aromatic heterocycles. The number of anilines is 2. The van der Waals surface area contributed by atoms with E-state index in [1.54, 1.807) is 0 Å². The van der Waals surface area contributed by atoms with Crippen molar-refractivity contribution in [1.29, 1.82) is 0 Å². The fourth-order valence-electron chi connectivity index (χ4n) is 7.13. The maximum absolute atomic E-state index is 11.8. The normalized spacial score (nSPS) is 25.5. The highest BCUT2D eigenvalue weighted by Crippen LogP contribution is 2.39. The molecule has 1 saturated heterocycles. The number of ether oxygens (including phenoxy) is 1. The van der Waals surface area contributed by atoms with Gasteiger partial charge in [-0.25, -0.2) is 19.9 Å². The number of benzene rings is 1. The minimum atomic E-state index is -0.637. The van der Waals surface area contributed by atoms with Crippen molar-refractivity contribution in [3.05, 3.63) is 46.4 Å². The summed E-state index contributed by atoms with van der Waals surface area (Å²) in [5, 5.41) is 10.1. The lowest BCUT2D eigenvalue weighted by Crippen LogP contribution is -2.45. The average molecular weight is 587 g/mol. The maximum atomic E-state index is 11.8. The quantitative estimate of drug-likeness (QED) is 0.273. The van der Waals surface area contributed by atoms with Crippen LogP contribution in [-0.2, 0) is 11.3 Å². The Morgan fingerprint density at radius 2 is 1.84 bits per heavy atom. The highest BCUT2D eigenvalue weighted by Gasteiger charge is 2.36. The summed E-state index contributed by atoms with van der Waals surface area (Å²) in [4.78, 5) is 29.3. The van der Waals surface area contributed by atoms with Crippen LogP contribution >= 0.6 is 0 Å². The van der Waals surface area contributed by atoms with Crippen LogP contribution in [0.4, 0.5) is 11.8 Å². The molecule has 3 fully saturated rings. The molecule has 3 aliphatic rings. The summed E-state index contributed by atoms with van der Waals surface area (Å²) >= 11 is 0. The standard InChI is InChI=1S/C32H42N8O3/c1-19-12-14-22(15-13-19)18-40-26-27(33-20(2)23-10-7-11-23)34-29(30-37-38-32(41)43-30)35-28(26)36-31(40)39-16-17-42-21(3)25(39)24-8-5-4-6-9-24/h4-6,8-9,19-23,25H,7,10-18H2,1-3H3,(H,38,41)(H,33,34,35)/t19-,20-,21-,22-,25+/m1/s1. The summed E-state index contributed by atoms with van der Waals surface area (Å²) in [6.07, 6.45) is 8.54. The van der Waals surface area contributed by atoms with E-state index >= 15 is 0 Å². The van der Waals surface area contributed by atoms with Crippen LogP contribution in [-0.4, -0.2) is 55.0 Å². The summed E-state index contributed by atoms with van der Waals surface area (Å²) in [6.45, 7) is 8.91. The van der Waals surface area contributed by atoms with Crippen LogP contribution in [0.15, 0.2) is 39.5 Å². The van der Waals surface area contributed by atoms with E-state index in [1.165, 1.54) is 50.5 Å². The van der Waals surface area contributed by atoms with Gasteiger partial charge < -0.3 is 23.9 Å². The van der Waals surface area contributed by atoms with Crippen LogP contribution in [0.3, 0.4) is 0 Å². The van der Waals surface area contributed by atoms with E-state index in [9.17, 15) is 4.79 Å². The van der Waals surface area contributed by atoms with Gasteiger partial charge in [-0.3, -0.25) is 0 Å². The van der Waals surface area contributed by atoms with Crippen LogP contribution in [0.1, 0.15) is 77.3 Å². The van der Waals surface area contributed by atoms with Crippen molar-refractivity contribution in [2.24, 2.45) is 17.8 Å². The Kier molecular flexibility index (Phi) is 7.67. The summed E-state index contributed by atoms with van der Waals surface area (Å²) < 4.78 is 13.9. The molecule has 2 aliphatic carbocycles. The van der Waals surface area contributed by atoms with Gasteiger partial charge in [0.2, 0.25) is 11.8 Å². The van der Waals surface area contributed by atoms with Gasteiger partial charge in [0, 0.05) is 19.1 Å². The smallest absolute Gasteiger partial charge is 0.384 e. The van der Waals surface area contributed by atoms with Crippen LogP contribution in [0.2, 0.25) is 0 Å². The van der Waals surface area contributed by atoms with Crippen molar-refractivity contribution >= 4 is 22.9 Å². The first kappa shape index (κ1) is 28.1. The van der Waals surface area contributed by atoms with Gasteiger partial charge in [0.25, 0.3) is 5.89 Å². The number of H-pyrrole nitrogens is 1. The van der Waals surface area contributed by atoms with Crippen LogP contribution in [0.25, 0.3) is 22.9 Å². The Morgan fingerprint density at radius 1 is 1.05 bits per heavy atom. The van der Waals surface area contributed by atoms with Gasteiger partial charge in [-0.1, -0.05) is 56.5 Å². The van der Waals surface area contributed by atoms with Gasteiger partial charge in [0.1, 0.15) is 5.52 Å². The minimum absolute atomic E-state index is 0.000934. The summed E-state index contributed by atoms with van der Waals surface area (Å²) in [7, 11) is 0. The topological polar surface area (TPSA) is 127 Å². The molecule has 4 aromatic rings. The molecule has 11 nitrogen and oxygen atoms in total. The number of fused-ring (bicyclic) bond motifs is 1. The van der Waals surface area contributed by atoms with Gasteiger partial charge in [-0.2, -0.15) is 4.98 Å². The van der Waals surface area contributed by atoms with Crippen LogP contribution in [0.5, 0.6) is 0 Å². The molecule has 3 atom stereocenters. The number of nitrogens with one attached hydrogen (secondary N) is 2. The first-order valence-corrected chi connectivity index (χ1v) is 16.0. The number of nitrogens with zero attached hydrogens (tertiary/aromatic N) is 6. The first-order chi connectivity index (χ1) is 20.9. The Morgan fingerprint density at radius 3 is 2.53 bits per heavy atom. The average Bonchev–Trinajstić information content (AvgIpc) is 3.57. The van der Waals surface area contributed by atoms with Gasteiger partial charge >= 0.3 is 5.76 Å². The monoisotopic (exact) mass is 586 g/mol. The zero-order valence-electron chi connectivity index (χ0n) is 25.3. The molecule has 2 N–H and O–H groups in total. The van der Waals surface area contributed by atoms with Crippen molar-refractivity contribution in [2.45, 2.75) is 90.4 Å². The molecule has 7 rings (SSSR count). The largest absolute Gasteiger partial charge is 0.434 e. The van der Waals surface area contributed by atoms with Crippen molar-refractivity contribution in [3.8, 4) is 11.7 Å². The predicted octanol–water partition coefficient (Wildman–Crippen LogP) is 5.56. The van der Waals surface area contributed by atoms with E-state index in [1.807, 2.05) is 6.07 Å². The number of aromatic nitrogens is 6. The zero-order chi connectivity index (χ0) is 29.5. The van der Waals surface area contributed by atoms with Gasteiger partial charge in [-0.15, -0.1) is 5.10 Å². The molecule has 11 heteroatoms. The minimum Gasteiger partial charge on any atom is -0.384 e. The lowest BCUT2D eigenvalue weighted by atomic mass is 9.80. The summed E-state index contributed by atoms with van der Waals surface area (Å²) in [6, 6.07) is 10.8. The van der Waals surface area contributed by atoms with Crippen molar-refractivity contribution in [1.82, 2.24) is 29.7 Å². The number of hydrogen-bond donors (Lipinski definition) is 2. The predicted molar refractivity (Wildman–Crippen MR) is 165 cm³/mol. The van der Waals surface area contributed by atoms with Crippen LogP contribution < -0.4 is 16.0 Å². The molecule has 228 valence electrons. The van der Waals surface area contributed by atoms with E-state index in [0.29, 0.717) is 36.5 Å². The maximum Gasteiger partial charge on any atom is 0.434 e. The highest BCUT2D eigenvalue weighted by molar-refractivity contribution is 5.87. The van der Waals surface area contributed by atoms with Gasteiger partial charge in [-0.05, 0) is 62.8 Å². The zero-order valence-corrected chi connectivity index (χ0v) is 25.3. The van der Waals surface area contributed by atoms with E-state index in [0.717, 1.165) is 23.9 Å². The Hall–Kier alpha value is -3.73. The molecular weight excluding hydrogens is 544 g/mol. The molecule has 0 amide bonds. The van der Waals surface area contributed by atoms with E-state index in [2.05, 4.69) is 70.0 Å².